The second kappa shape index (κ2) is 6.75. The Morgan fingerprint density at radius 3 is 2.45 bits per heavy atom. The third-order valence-corrected chi connectivity index (χ3v) is 2.60. The molecule has 0 heterocycles. The molecule has 0 spiro atoms. The molecule has 1 N–H and O–H groups in total. The van der Waals surface area contributed by atoms with Crippen molar-refractivity contribution in [2.45, 2.75) is 52.9 Å². The van der Waals surface area contributed by atoms with Gasteiger partial charge in [0.1, 0.15) is 5.75 Å². The number of hydrogen-bond donors (Lipinski definition) is 1. The van der Waals surface area contributed by atoms with Gasteiger partial charge in [0.25, 0.3) is 5.91 Å². The number of carbonyl (C=O) groups excluding carboxylic acids is 1. The maximum absolute atomic E-state index is 12.2. The van der Waals surface area contributed by atoms with Crippen LogP contribution in [-0.4, -0.2) is 24.7 Å². The Balaban J connectivity index is 2.94. The van der Waals surface area contributed by atoms with Crippen molar-refractivity contribution in [2.75, 3.05) is 7.11 Å². The van der Waals surface area contributed by atoms with Crippen LogP contribution in [0.25, 0.3) is 0 Å². The van der Waals surface area contributed by atoms with E-state index in [2.05, 4.69) is 5.32 Å². The first-order valence-corrected chi connectivity index (χ1v) is 6.84. The van der Waals surface area contributed by atoms with Gasteiger partial charge < -0.3 is 14.8 Å². The van der Waals surface area contributed by atoms with Gasteiger partial charge in [-0.05, 0) is 52.8 Å². The van der Waals surface area contributed by atoms with Gasteiger partial charge in [-0.1, -0.05) is 0 Å². The van der Waals surface area contributed by atoms with Crippen LogP contribution in [0.2, 0.25) is 0 Å². The van der Waals surface area contributed by atoms with E-state index in [-0.39, 0.29) is 17.6 Å². The maximum atomic E-state index is 12.2. The first-order valence-electron chi connectivity index (χ1n) is 6.84. The molecule has 0 bridgehead atoms. The standard InChI is InChI=1S/C16H25NO3/c1-11(2)20-10-13-9-12(7-8-14(13)19-6)15(18)17-16(3,4)5/h7-9,11H,10H2,1-6H3,(H,17,18). The van der Waals surface area contributed by atoms with E-state index < -0.39 is 0 Å². The van der Waals surface area contributed by atoms with E-state index in [1.54, 1.807) is 19.2 Å². The van der Waals surface area contributed by atoms with Crippen LogP contribution >= 0.6 is 0 Å². The van der Waals surface area contributed by atoms with Crippen LogP contribution in [0, 0.1) is 0 Å². The molecule has 4 heteroatoms. The fourth-order valence-corrected chi connectivity index (χ4v) is 1.70. The summed E-state index contributed by atoms with van der Waals surface area (Å²) in [6, 6.07) is 5.39. The Morgan fingerprint density at radius 2 is 1.95 bits per heavy atom. The quantitative estimate of drug-likeness (QED) is 0.900. The number of carbonyl (C=O) groups is 1. The SMILES string of the molecule is COc1ccc(C(=O)NC(C)(C)C)cc1COC(C)C. The third kappa shape index (κ3) is 5.21. The monoisotopic (exact) mass is 279 g/mol. The summed E-state index contributed by atoms with van der Waals surface area (Å²) in [6.07, 6.45) is 0.131. The molecular formula is C16H25NO3. The number of benzene rings is 1. The van der Waals surface area contributed by atoms with Crippen LogP contribution in [0.4, 0.5) is 0 Å². The highest BCUT2D eigenvalue weighted by Gasteiger charge is 2.16. The summed E-state index contributed by atoms with van der Waals surface area (Å²) in [5.41, 5.74) is 1.23. The Labute approximate surface area is 121 Å². The van der Waals surface area contributed by atoms with Crippen LogP contribution in [0.15, 0.2) is 18.2 Å². The molecule has 1 rings (SSSR count). The first kappa shape index (κ1) is 16.5. The minimum atomic E-state index is -0.258. The van der Waals surface area contributed by atoms with Crippen molar-refractivity contribution >= 4 is 5.91 Å². The van der Waals surface area contributed by atoms with E-state index in [9.17, 15) is 4.79 Å². The summed E-state index contributed by atoms with van der Waals surface area (Å²) in [4.78, 5) is 12.2. The molecule has 0 radical (unpaired) electrons. The fraction of sp³-hybridized carbons (Fsp3) is 0.562. The van der Waals surface area contributed by atoms with Crippen LogP contribution in [0.3, 0.4) is 0 Å². The lowest BCUT2D eigenvalue weighted by Gasteiger charge is -2.21. The molecule has 4 nitrogen and oxygen atoms in total. The topological polar surface area (TPSA) is 47.6 Å². The zero-order chi connectivity index (χ0) is 15.3. The Morgan fingerprint density at radius 1 is 1.30 bits per heavy atom. The van der Waals surface area contributed by atoms with Crippen molar-refractivity contribution in [3.05, 3.63) is 29.3 Å². The van der Waals surface area contributed by atoms with Gasteiger partial charge in [-0.15, -0.1) is 0 Å². The molecule has 20 heavy (non-hydrogen) atoms. The lowest BCUT2D eigenvalue weighted by molar-refractivity contribution is 0.0644. The summed E-state index contributed by atoms with van der Waals surface area (Å²) in [5.74, 6) is 0.643. The number of hydrogen-bond acceptors (Lipinski definition) is 3. The van der Waals surface area contributed by atoms with Gasteiger partial charge in [-0.25, -0.2) is 0 Å². The predicted octanol–water partition coefficient (Wildman–Crippen LogP) is 3.15. The van der Waals surface area contributed by atoms with Gasteiger partial charge in [-0.3, -0.25) is 4.79 Å². The molecule has 0 saturated heterocycles. The summed E-state index contributed by atoms with van der Waals surface area (Å²) in [6.45, 7) is 10.2. The predicted molar refractivity (Wildman–Crippen MR) is 80.1 cm³/mol. The minimum Gasteiger partial charge on any atom is -0.496 e. The zero-order valence-electron chi connectivity index (χ0n) is 13.2. The molecule has 0 saturated carbocycles. The van der Waals surface area contributed by atoms with Crippen molar-refractivity contribution in [1.82, 2.24) is 5.32 Å². The van der Waals surface area contributed by atoms with Gasteiger partial charge in [0.15, 0.2) is 0 Å². The molecule has 0 atom stereocenters. The lowest BCUT2D eigenvalue weighted by Crippen LogP contribution is -2.40. The average Bonchev–Trinajstić information content (AvgIpc) is 2.33. The van der Waals surface area contributed by atoms with E-state index in [1.807, 2.05) is 40.7 Å². The summed E-state index contributed by atoms with van der Waals surface area (Å²) < 4.78 is 10.9. The highest BCUT2D eigenvalue weighted by Crippen LogP contribution is 2.21. The number of nitrogens with one attached hydrogen (secondary N) is 1. The lowest BCUT2D eigenvalue weighted by atomic mass is 10.1. The molecule has 0 fully saturated rings. The summed E-state index contributed by atoms with van der Waals surface area (Å²) in [5, 5.41) is 2.94. The summed E-state index contributed by atoms with van der Waals surface area (Å²) in [7, 11) is 1.61. The average molecular weight is 279 g/mol. The Bertz CT molecular complexity index is 461. The van der Waals surface area contributed by atoms with Crippen LogP contribution in [-0.2, 0) is 11.3 Å². The molecule has 0 unspecified atom stereocenters. The maximum Gasteiger partial charge on any atom is 0.251 e. The molecule has 0 aromatic heterocycles. The third-order valence-electron chi connectivity index (χ3n) is 2.60. The largest absolute Gasteiger partial charge is 0.496 e. The molecular weight excluding hydrogens is 254 g/mol. The van der Waals surface area contributed by atoms with E-state index in [0.29, 0.717) is 12.2 Å². The molecule has 0 aliphatic carbocycles. The van der Waals surface area contributed by atoms with Crippen LogP contribution < -0.4 is 10.1 Å². The van der Waals surface area contributed by atoms with Crippen molar-refractivity contribution in [1.29, 1.82) is 0 Å². The van der Waals surface area contributed by atoms with Crippen LogP contribution in [0.1, 0.15) is 50.5 Å². The Hall–Kier alpha value is -1.55. The first-order chi connectivity index (χ1) is 9.23. The summed E-state index contributed by atoms with van der Waals surface area (Å²) >= 11 is 0. The van der Waals surface area contributed by atoms with E-state index in [4.69, 9.17) is 9.47 Å². The molecule has 112 valence electrons. The second-order valence-electron chi connectivity index (χ2n) is 6.09. The number of ether oxygens (including phenoxy) is 2. The van der Waals surface area contributed by atoms with Gasteiger partial charge >= 0.3 is 0 Å². The highest BCUT2D eigenvalue weighted by atomic mass is 16.5. The number of amides is 1. The Kier molecular flexibility index (Phi) is 5.57. The van der Waals surface area contributed by atoms with Gasteiger partial charge in [0, 0.05) is 16.7 Å². The molecule has 1 aromatic carbocycles. The van der Waals surface area contributed by atoms with Gasteiger partial charge in [0.05, 0.1) is 19.8 Å². The zero-order valence-corrected chi connectivity index (χ0v) is 13.2. The van der Waals surface area contributed by atoms with E-state index in [1.165, 1.54) is 0 Å². The second-order valence-corrected chi connectivity index (χ2v) is 6.09. The van der Waals surface area contributed by atoms with Crippen molar-refractivity contribution in [3.8, 4) is 5.75 Å². The molecule has 0 aliphatic heterocycles. The highest BCUT2D eigenvalue weighted by molar-refractivity contribution is 5.95. The number of rotatable bonds is 5. The molecule has 0 aliphatic rings. The van der Waals surface area contributed by atoms with E-state index in [0.717, 1.165) is 11.3 Å². The molecule has 1 amide bonds. The normalized spacial score (nSPS) is 11.6. The smallest absolute Gasteiger partial charge is 0.251 e. The molecule has 1 aromatic rings. The fourth-order valence-electron chi connectivity index (χ4n) is 1.70. The van der Waals surface area contributed by atoms with Crippen molar-refractivity contribution in [3.63, 3.8) is 0 Å². The van der Waals surface area contributed by atoms with E-state index >= 15 is 0 Å². The van der Waals surface area contributed by atoms with Crippen LogP contribution in [0.5, 0.6) is 5.75 Å². The minimum absolute atomic E-state index is 0.0917. The van der Waals surface area contributed by atoms with Crippen molar-refractivity contribution in [2.24, 2.45) is 0 Å². The van der Waals surface area contributed by atoms with Gasteiger partial charge in [0.2, 0.25) is 0 Å². The number of methoxy groups -OCH3 is 1. The van der Waals surface area contributed by atoms with Crippen molar-refractivity contribution < 1.29 is 14.3 Å². The van der Waals surface area contributed by atoms with Gasteiger partial charge in [-0.2, -0.15) is 0 Å².